The quantitative estimate of drug-likeness (QED) is 0.0916. The van der Waals surface area contributed by atoms with E-state index in [2.05, 4.69) is 9.62 Å². The number of pyridine rings is 1. The summed E-state index contributed by atoms with van der Waals surface area (Å²) in [6.45, 7) is 2.78. The van der Waals surface area contributed by atoms with E-state index in [1.807, 2.05) is 0 Å². The van der Waals surface area contributed by atoms with Gasteiger partial charge in [0.2, 0.25) is 10.0 Å². The number of methoxy groups -OCH3 is 2. The number of anilines is 2. The minimum absolute atomic E-state index is 0.0486. The van der Waals surface area contributed by atoms with Gasteiger partial charge >= 0.3 is 12.1 Å². The number of carbonyl (C=O) groups is 2. The van der Waals surface area contributed by atoms with Crippen LogP contribution in [0.4, 0.5) is 16.2 Å². The Morgan fingerprint density at radius 3 is 2.19 bits per heavy atom. The molecule has 13 nitrogen and oxygen atoms in total. The van der Waals surface area contributed by atoms with Gasteiger partial charge in [0.15, 0.2) is 23.9 Å². The molecule has 286 valence electrons. The summed E-state index contributed by atoms with van der Waals surface area (Å²) in [5.41, 5.74) is 2.78. The van der Waals surface area contributed by atoms with Crippen molar-refractivity contribution in [2.45, 2.75) is 38.0 Å². The lowest BCUT2D eigenvalue weighted by molar-refractivity contribution is -0.605. The molecule has 0 radical (unpaired) electrons. The molecule has 3 aromatic carbocycles. The Kier molecular flexibility index (Phi) is 12.1. The maximum absolute atomic E-state index is 13.8. The van der Waals surface area contributed by atoms with E-state index < -0.39 is 28.2 Å². The van der Waals surface area contributed by atoms with Crippen LogP contribution in [0.25, 0.3) is 0 Å². The molecule has 2 bridgehead atoms. The molecule has 4 aromatic rings. The second-order valence-corrected chi connectivity index (χ2v) is 15.8. The van der Waals surface area contributed by atoms with Crippen LogP contribution in [-0.4, -0.2) is 71.6 Å². The van der Waals surface area contributed by atoms with Gasteiger partial charge in [-0.15, -0.1) is 0 Å². The molecule has 2 atom stereocenters. The maximum Gasteiger partial charge on any atom is 0.414 e. The summed E-state index contributed by atoms with van der Waals surface area (Å²) in [4.78, 5) is 31.2. The highest BCUT2D eigenvalue weighted by Crippen LogP contribution is 2.36. The lowest BCUT2D eigenvalue weighted by atomic mass is 9.86. The zero-order valence-corrected chi connectivity index (χ0v) is 32.2. The zero-order valence-electron chi connectivity index (χ0n) is 29.9. The number of ether oxygens (including phenoxy) is 4. The number of hydrogen-bond acceptors (Lipinski definition) is 10. The smallest absolute Gasteiger partial charge is 0.414 e. The van der Waals surface area contributed by atoms with Crippen molar-refractivity contribution in [3.8, 4) is 11.5 Å². The number of rotatable bonds is 13. The summed E-state index contributed by atoms with van der Waals surface area (Å²) in [7, 11) is -0.492. The zero-order chi connectivity index (χ0) is 38.6. The Morgan fingerprint density at radius 1 is 0.963 bits per heavy atom. The number of nitrogens with zero attached hydrogens (tertiary/aromatic N) is 3. The number of sulfonamides is 1. The van der Waals surface area contributed by atoms with Gasteiger partial charge in [-0.05, 0) is 91.5 Å². The third-order valence-electron chi connectivity index (χ3n) is 9.56. The first-order valence-corrected chi connectivity index (χ1v) is 19.8. The average Bonchev–Trinajstić information content (AvgIpc) is 3.15. The first kappa shape index (κ1) is 38.9. The summed E-state index contributed by atoms with van der Waals surface area (Å²) in [6, 6.07) is 18.2. The van der Waals surface area contributed by atoms with Gasteiger partial charge in [-0.25, -0.2) is 18.0 Å². The Morgan fingerprint density at radius 2 is 1.61 bits per heavy atom. The Labute approximate surface area is 323 Å². The van der Waals surface area contributed by atoms with Crippen molar-refractivity contribution < 1.29 is 41.7 Å². The van der Waals surface area contributed by atoms with Crippen LogP contribution in [0, 0.1) is 11.1 Å². The number of fused-ring (bicyclic) bond motifs is 3. The van der Waals surface area contributed by atoms with Crippen LogP contribution in [0.15, 0.2) is 79.1 Å². The molecular formula is C38H40Cl2N4O9S. The van der Waals surface area contributed by atoms with Gasteiger partial charge in [-0.3, -0.25) is 14.5 Å². The molecule has 7 rings (SSSR count). The minimum Gasteiger partial charge on any atom is -0.619 e. The number of benzene rings is 3. The highest BCUT2D eigenvalue weighted by atomic mass is 35.5. The third-order valence-corrected chi connectivity index (χ3v) is 10.8. The van der Waals surface area contributed by atoms with Crippen molar-refractivity contribution in [1.29, 1.82) is 0 Å². The fourth-order valence-corrected chi connectivity index (χ4v) is 7.90. The summed E-state index contributed by atoms with van der Waals surface area (Å²) in [6.07, 6.45) is 3.74. The van der Waals surface area contributed by atoms with Crippen molar-refractivity contribution >= 4 is 56.7 Å². The van der Waals surface area contributed by atoms with E-state index in [0.29, 0.717) is 56.8 Å². The number of carbonyl (C=O) groups excluding carboxylic acids is 2. The van der Waals surface area contributed by atoms with E-state index in [0.717, 1.165) is 32.2 Å². The SMILES string of the molecule is COc1ccc(C(Cc2c(Cl)c[n+]([O-])cc2Cl)OC(=O)c2ccc(CN(C(=O)O[C@H]3CN4CCC3CC4)c3ccc(NS(C)(=O)=O)cc3)cc2)cc1OC. The molecule has 0 aliphatic carbocycles. The largest absolute Gasteiger partial charge is 0.619 e. The molecule has 3 aliphatic rings. The highest BCUT2D eigenvalue weighted by Gasteiger charge is 2.37. The second-order valence-electron chi connectivity index (χ2n) is 13.3. The molecule has 0 saturated carbocycles. The van der Waals surface area contributed by atoms with Crippen molar-refractivity contribution in [3.63, 3.8) is 0 Å². The number of hydrogen-bond donors (Lipinski definition) is 1. The predicted octanol–water partition coefficient (Wildman–Crippen LogP) is 6.39. The van der Waals surface area contributed by atoms with Gasteiger partial charge in [0, 0.05) is 29.9 Å². The van der Waals surface area contributed by atoms with E-state index in [4.69, 9.17) is 42.1 Å². The summed E-state index contributed by atoms with van der Waals surface area (Å²) < 4.78 is 49.4. The monoisotopic (exact) mass is 798 g/mol. The molecule has 3 saturated heterocycles. The highest BCUT2D eigenvalue weighted by molar-refractivity contribution is 7.92. The molecule has 3 aliphatic heterocycles. The van der Waals surface area contributed by atoms with Crippen LogP contribution in [0.5, 0.6) is 11.5 Å². The molecule has 1 aromatic heterocycles. The normalized spacial score (nSPS) is 18.4. The van der Waals surface area contributed by atoms with Crippen LogP contribution in [0.3, 0.4) is 0 Å². The number of nitrogens with one attached hydrogen (secondary N) is 1. The molecule has 1 unspecified atom stereocenters. The van der Waals surface area contributed by atoms with E-state index in [1.54, 1.807) is 66.7 Å². The lowest BCUT2D eigenvalue weighted by Crippen LogP contribution is -2.53. The Bertz CT molecular complexity index is 2070. The van der Waals surface area contributed by atoms with Gasteiger partial charge in [0.25, 0.3) is 0 Å². The maximum atomic E-state index is 13.8. The van der Waals surface area contributed by atoms with E-state index in [9.17, 15) is 23.2 Å². The van der Waals surface area contributed by atoms with Gasteiger partial charge < -0.3 is 24.2 Å². The molecule has 1 amide bonds. The van der Waals surface area contributed by atoms with Gasteiger partial charge in [0.1, 0.15) is 22.3 Å². The van der Waals surface area contributed by atoms with Crippen LogP contribution < -0.4 is 23.8 Å². The number of amides is 1. The molecule has 0 spiro atoms. The van der Waals surface area contributed by atoms with Gasteiger partial charge in [-0.2, -0.15) is 4.73 Å². The predicted molar refractivity (Wildman–Crippen MR) is 204 cm³/mol. The van der Waals surface area contributed by atoms with Crippen molar-refractivity contribution in [1.82, 2.24) is 4.90 Å². The van der Waals surface area contributed by atoms with Crippen molar-refractivity contribution in [3.05, 3.63) is 117 Å². The Balaban J connectivity index is 1.23. The third kappa shape index (κ3) is 9.48. The summed E-state index contributed by atoms with van der Waals surface area (Å²) in [5, 5.41) is 12.1. The fraction of sp³-hybridized carbons (Fsp3) is 0.342. The van der Waals surface area contributed by atoms with Crippen LogP contribution >= 0.6 is 23.2 Å². The van der Waals surface area contributed by atoms with Crippen LogP contribution in [-0.2, 0) is 32.5 Å². The first-order valence-electron chi connectivity index (χ1n) is 17.2. The number of esters is 1. The average molecular weight is 800 g/mol. The van der Waals surface area contributed by atoms with E-state index in [1.165, 1.54) is 31.5 Å². The number of piperidine rings is 3. The van der Waals surface area contributed by atoms with Crippen LogP contribution in [0.2, 0.25) is 10.0 Å². The molecular weight excluding hydrogens is 759 g/mol. The van der Waals surface area contributed by atoms with Gasteiger partial charge in [-0.1, -0.05) is 41.4 Å². The minimum atomic E-state index is -3.49. The first-order chi connectivity index (χ1) is 25.8. The van der Waals surface area contributed by atoms with Crippen LogP contribution in [0.1, 0.15) is 46.0 Å². The molecule has 54 heavy (non-hydrogen) atoms. The van der Waals surface area contributed by atoms with Crippen molar-refractivity contribution in [2.75, 3.05) is 49.7 Å². The molecule has 16 heteroatoms. The molecule has 4 heterocycles. The fourth-order valence-electron chi connectivity index (χ4n) is 6.74. The van der Waals surface area contributed by atoms with Gasteiger partial charge in [0.05, 0.1) is 32.6 Å². The van der Waals surface area contributed by atoms with E-state index in [-0.39, 0.29) is 34.7 Å². The standard InChI is InChI=1S/C38H40Cl2N4O9S/c1-50-33-13-8-27(18-35(33)51-2)34(19-30-31(39)21-43(47)22-32(30)40)52-37(45)26-6-4-24(5-7-26)20-44(29-11-9-28(10-12-29)41-54(3,48)49)38(46)53-36-23-42-16-14-25(36)15-17-42/h4-13,18,21-22,25,34,36,41H,14-17,19-20,23H2,1-3H3/t34?,36-/m0/s1. The lowest BCUT2D eigenvalue weighted by Gasteiger charge is -2.44. The molecule has 1 N–H and O–H groups in total. The topological polar surface area (TPSA) is 151 Å². The summed E-state index contributed by atoms with van der Waals surface area (Å²) in [5.74, 6) is 0.553. The second kappa shape index (κ2) is 16.7. The number of halogens is 2. The summed E-state index contributed by atoms with van der Waals surface area (Å²) >= 11 is 12.8. The van der Waals surface area contributed by atoms with Crippen molar-refractivity contribution in [2.24, 2.45) is 5.92 Å². The molecule has 3 fully saturated rings. The van der Waals surface area contributed by atoms with E-state index >= 15 is 0 Å². The Hall–Kier alpha value is -4.76. The number of aromatic nitrogens is 1.